The standard InChI is InChI=1S/C9H9BO/c1-2-9(11)7-3-5-8(10)6-4-7/h3-6H,2H2,1H3. The molecular weight excluding hydrogens is 135 g/mol. The van der Waals surface area contributed by atoms with Crippen LogP contribution in [0.4, 0.5) is 0 Å². The number of Topliss-reactive ketones (excluding diaryl/α,β-unsaturated/α-hetero) is 1. The number of benzene rings is 1. The smallest absolute Gasteiger partial charge is 0.162 e. The van der Waals surface area contributed by atoms with Crippen LogP contribution in [0.5, 0.6) is 0 Å². The SMILES string of the molecule is [B]c1ccc(C(=O)CC)cc1. The molecule has 0 aliphatic rings. The van der Waals surface area contributed by atoms with Crippen molar-refractivity contribution in [3.63, 3.8) is 0 Å². The largest absolute Gasteiger partial charge is 0.294 e. The van der Waals surface area contributed by atoms with E-state index in [4.69, 9.17) is 7.85 Å². The number of carbonyl (C=O) groups is 1. The quantitative estimate of drug-likeness (QED) is 0.448. The van der Waals surface area contributed by atoms with Crippen LogP contribution in [0.1, 0.15) is 23.7 Å². The summed E-state index contributed by atoms with van der Waals surface area (Å²) in [6.07, 6.45) is 0.546. The van der Waals surface area contributed by atoms with E-state index >= 15 is 0 Å². The van der Waals surface area contributed by atoms with E-state index in [0.717, 1.165) is 5.56 Å². The van der Waals surface area contributed by atoms with Crippen LogP contribution in [0, 0.1) is 0 Å². The van der Waals surface area contributed by atoms with Crippen molar-refractivity contribution in [2.24, 2.45) is 0 Å². The lowest BCUT2D eigenvalue weighted by molar-refractivity contribution is 0.0988. The van der Waals surface area contributed by atoms with Crippen LogP contribution in [0.2, 0.25) is 0 Å². The Labute approximate surface area is 67.8 Å². The number of rotatable bonds is 2. The van der Waals surface area contributed by atoms with Gasteiger partial charge in [-0.25, -0.2) is 0 Å². The Morgan fingerprint density at radius 1 is 1.36 bits per heavy atom. The Balaban J connectivity index is 2.90. The minimum Gasteiger partial charge on any atom is -0.294 e. The predicted octanol–water partition coefficient (Wildman–Crippen LogP) is 1.07. The summed E-state index contributed by atoms with van der Waals surface area (Å²) in [4.78, 5) is 11.1. The van der Waals surface area contributed by atoms with Gasteiger partial charge in [-0.05, 0) is 0 Å². The highest BCUT2D eigenvalue weighted by molar-refractivity contribution is 6.32. The van der Waals surface area contributed by atoms with E-state index < -0.39 is 0 Å². The molecule has 0 atom stereocenters. The summed E-state index contributed by atoms with van der Waals surface area (Å²) in [5.74, 6) is 0.157. The highest BCUT2D eigenvalue weighted by atomic mass is 16.1. The van der Waals surface area contributed by atoms with Gasteiger partial charge in [-0.2, -0.15) is 0 Å². The maximum absolute atomic E-state index is 11.1. The van der Waals surface area contributed by atoms with Crippen LogP contribution in [0.3, 0.4) is 0 Å². The Morgan fingerprint density at radius 3 is 2.36 bits per heavy atom. The molecule has 0 heterocycles. The monoisotopic (exact) mass is 144 g/mol. The normalized spacial score (nSPS) is 9.55. The zero-order valence-corrected chi connectivity index (χ0v) is 6.50. The highest BCUT2D eigenvalue weighted by Crippen LogP contribution is 2.00. The Kier molecular flexibility index (Phi) is 2.47. The number of hydrogen-bond acceptors (Lipinski definition) is 1. The summed E-state index contributed by atoms with van der Waals surface area (Å²) >= 11 is 0. The van der Waals surface area contributed by atoms with Crippen LogP contribution in [-0.2, 0) is 0 Å². The summed E-state index contributed by atoms with van der Waals surface area (Å²) < 4.78 is 0. The lowest BCUT2D eigenvalue weighted by atomic mass is 9.94. The first-order chi connectivity index (χ1) is 5.24. The fourth-order valence-electron chi connectivity index (χ4n) is 0.873. The third kappa shape index (κ3) is 1.94. The van der Waals surface area contributed by atoms with E-state index in [0.29, 0.717) is 11.9 Å². The van der Waals surface area contributed by atoms with Crippen LogP contribution in [0.25, 0.3) is 0 Å². The fraction of sp³-hybridized carbons (Fsp3) is 0.222. The van der Waals surface area contributed by atoms with Crippen LogP contribution in [-0.4, -0.2) is 13.6 Å². The number of carbonyl (C=O) groups excluding carboxylic acids is 1. The molecule has 54 valence electrons. The van der Waals surface area contributed by atoms with Crippen molar-refractivity contribution in [1.82, 2.24) is 0 Å². The number of hydrogen-bond donors (Lipinski definition) is 0. The van der Waals surface area contributed by atoms with Gasteiger partial charge in [-0.3, -0.25) is 4.79 Å². The van der Waals surface area contributed by atoms with Gasteiger partial charge in [0.15, 0.2) is 5.78 Å². The van der Waals surface area contributed by atoms with Crippen molar-refractivity contribution in [3.8, 4) is 0 Å². The molecule has 0 saturated carbocycles. The molecule has 2 radical (unpaired) electrons. The van der Waals surface area contributed by atoms with Crippen molar-refractivity contribution in [2.45, 2.75) is 13.3 Å². The molecule has 0 aromatic heterocycles. The molecule has 0 saturated heterocycles. The average Bonchev–Trinajstić information content (AvgIpc) is 2.05. The minimum atomic E-state index is 0.157. The molecule has 0 N–H and O–H groups in total. The van der Waals surface area contributed by atoms with E-state index in [-0.39, 0.29) is 5.78 Å². The molecular formula is C9H9BO. The van der Waals surface area contributed by atoms with E-state index in [1.54, 1.807) is 24.3 Å². The summed E-state index contributed by atoms with van der Waals surface area (Å²) in [5, 5.41) is 0. The van der Waals surface area contributed by atoms with Gasteiger partial charge in [-0.1, -0.05) is 36.7 Å². The van der Waals surface area contributed by atoms with Crippen molar-refractivity contribution in [3.05, 3.63) is 29.8 Å². The van der Waals surface area contributed by atoms with Gasteiger partial charge in [0.05, 0.1) is 0 Å². The molecule has 1 rings (SSSR count). The van der Waals surface area contributed by atoms with Crippen molar-refractivity contribution in [2.75, 3.05) is 0 Å². The summed E-state index contributed by atoms with van der Waals surface area (Å²) in [5.41, 5.74) is 1.43. The Bertz CT molecular complexity index is 251. The molecule has 0 bridgehead atoms. The first-order valence-electron chi connectivity index (χ1n) is 3.62. The molecule has 1 aromatic rings. The second-order valence-electron chi connectivity index (χ2n) is 2.40. The van der Waals surface area contributed by atoms with Gasteiger partial charge < -0.3 is 0 Å². The van der Waals surface area contributed by atoms with Gasteiger partial charge >= 0.3 is 0 Å². The second-order valence-corrected chi connectivity index (χ2v) is 2.40. The third-order valence-corrected chi connectivity index (χ3v) is 1.55. The zero-order valence-electron chi connectivity index (χ0n) is 6.50. The van der Waals surface area contributed by atoms with E-state index in [1.807, 2.05) is 6.92 Å². The summed E-state index contributed by atoms with van der Waals surface area (Å²) in [6, 6.07) is 6.98. The topological polar surface area (TPSA) is 17.1 Å². The van der Waals surface area contributed by atoms with Gasteiger partial charge in [-0.15, -0.1) is 0 Å². The summed E-state index contributed by atoms with van der Waals surface area (Å²) in [6.45, 7) is 1.85. The van der Waals surface area contributed by atoms with E-state index in [9.17, 15) is 4.79 Å². The predicted molar refractivity (Wildman–Crippen MR) is 46.5 cm³/mol. The molecule has 1 aromatic carbocycles. The lowest BCUT2D eigenvalue weighted by Gasteiger charge is -1.97. The molecule has 0 aliphatic heterocycles. The molecule has 0 aliphatic carbocycles. The second kappa shape index (κ2) is 3.38. The Morgan fingerprint density at radius 2 is 1.91 bits per heavy atom. The maximum atomic E-state index is 11.1. The fourth-order valence-corrected chi connectivity index (χ4v) is 0.873. The minimum absolute atomic E-state index is 0.157. The van der Waals surface area contributed by atoms with Crippen molar-refractivity contribution < 1.29 is 4.79 Å². The van der Waals surface area contributed by atoms with Gasteiger partial charge in [0.2, 0.25) is 0 Å². The van der Waals surface area contributed by atoms with Crippen LogP contribution >= 0.6 is 0 Å². The molecule has 1 nitrogen and oxygen atoms in total. The first kappa shape index (κ1) is 8.06. The molecule has 0 spiro atoms. The first-order valence-corrected chi connectivity index (χ1v) is 3.62. The molecule has 2 heteroatoms. The van der Waals surface area contributed by atoms with Crippen molar-refractivity contribution in [1.29, 1.82) is 0 Å². The average molecular weight is 144 g/mol. The van der Waals surface area contributed by atoms with Crippen LogP contribution < -0.4 is 5.46 Å². The zero-order chi connectivity index (χ0) is 8.27. The van der Waals surface area contributed by atoms with Crippen molar-refractivity contribution >= 4 is 19.1 Å². The molecule has 11 heavy (non-hydrogen) atoms. The molecule has 0 amide bonds. The van der Waals surface area contributed by atoms with E-state index in [2.05, 4.69) is 0 Å². The van der Waals surface area contributed by atoms with Crippen LogP contribution in [0.15, 0.2) is 24.3 Å². The molecule has 0 unspecified atom stereocenters. The molecule has 0 fully saturated rings. The van der Waals surface area contributed by atoms with Gasteiger partial charge in [0.1, 0.15) is 7.85 Å². The van der Waals surface area contributed by atoms with Gasteiger partial charge in [0, 0.05) is 12.0 Å². The van der Waals surface area contributed by atoms with E-state index in [1.165, 1.54) is 0 Å². The Hall–Kier alpha value is -1.05. The van der Waals surface area contributed by atoms with Gasteiger partial charge in [0.25, 0.3) is 0 Å². The number of ketones is 1. The lowest BCUT2D eigenvalue weighted by Crippen LogP contribution is -2.03. The third-order valence-electron chi connectivity index (χ3n) is 1.55. The highest BCUT2D eigenvalue weighted by Gasteiger charge is 1.99. The maximum Gasteiger partial charge on any atom is 0.162 e. The summed E-state index contributed by atoms with van der Waals surface area (Å²) in [7, 11) is 5.46.